The van der Waals surface area contributed by atoms with E-state index in [4.69, 9.17) is 15.2 Å². The number of rotatable bonds is 10. The van der Waals surface area contributed by atoms with Crippen LogP contribution in [0, 0.1) is 10.1 Å². The first-order chi connectivity index (χ1) is 13.0. The van der Waals surface area contributed by atoms with E-state index < -0.39 is 4.92 Å². The minimum Gasteiger partial charge on any atom is -0.490 e. The van der Waals surface area contributed by atoms with Crippen LogP contribution in [0.25, 0.3) is 0 Å². The van der Waals surface area contributed by atoms with Gasteiger partial charge >= 0.3 is 5.69 Å². The van der Waals surface area contributed by atoms with Crippen molar-refractivity contribution < 1.29 is 19.2 Å². The molecular weight excluding hydrogens is 406 g/mol. The predicted molar refractivity (Wildman–Crippen MR) is 112 cm³/mol. The molecule has 1 heterocycles. The number of carbonyl (C=O) groups excluding carboxylic acids is 1. The smallest absolute Gasteiger partial charge is 0.311 e. The quantitative estimate of drug-likeness (QED) is 0.343. The highest BCUT2D eigenvalue weighted by molar-refractivity contribution is 7.99. The van der Waals surface area contributed by atoms with Crippen LogP contribution in [0.3, 0.4) is 0 Å². The van der Waals surface area contributed by atoms with Crippen LogP contribution in [0.2, 0.25) is 0 Å². The zero-order valence-corrected chi connectivity index (χ0v) is 17.6. The number of piperidine rings is 1. The van der Waals surface area contributed by atoms with Crippen LogP contribution in [0.15, 0.2) is 18.2 Å². The van der Waals surface area contributed by atoms with Crippen molar-refractivity contribution in [2.75, 3.05) is 39.1 Å². The Kier molecular flexibility index (Phi) is 11.2. The van der Waals surface area contributed by atoms with E-state index in [9.17, 15) is 14.9 Å². The lowest BCUT2D eigenvalue weighted by Gasteiger charge is -2.32. The molecule has 0 aliphatic carbocycles. The van der Waals surface area contributed by atoms with Gasteiger partial charge in [0.1, 0.15) is 0 Å². The lowest BCUT2D eigenvalue weighted by molar-refractivity contribution is -0.385. The van der Waals surface area contributed by atoms with Gasteiger partial charge in [-0.25, -0.2) is 0 Å². The highest BCUT2D eigenvalue weighted by atomic mass is 35.5. The van der Waals surface area contributed by atoms with Gasteiger partial charge in [0, 0.05) is 31.5 Å². The molecular formula is C18H28ClN3O5S. The second-order valence-electron chi connectivity index (χ2n) is 6.35. The zero-order valence-electron chi connectivity index (χ0n) is 16.0. The lowest BCUT2D eigenvalue weighted by Crippen LogP contribution is -2.41. The molecule has 8 nitrogen and oxygen atoms in total. The molecule has 1 fully saturated rings. The van der Waals surface area contributed by atoms with Gasteiger partial charge in [0.2, 0.25) is 5.91 Å². The van der Waals surface area contributed by atoms with Crippen LogP contribution in [0.1, 0.15) is 24.8 Å². The number of likely N-dealkylation sites (tertiary alicyclic amines) is 1. The normalized spacial score (nSPS) is 14.4. The summed E-state index contributed by atoms with van der Waals surface area (Å²) in [5.41, 5.74) is 6.20. The second kappa shape index (κ2) is 12.8. The van der Waals surface area contributed by atoms with Crippen molar-refractivity contribution in [3.05, 3.63) is 33.9 Å². The zero-order chi connectivity index (χ0) is 19.6. The standard InChI is InChI=1S/C18H27N3O5S.ClH/c1-25-17-4-3-14(11-16(17)21(23)24)12-27-13-18(22)20-8-5-15(6-9-20)26-10-2-7-19;/h3-4,11,15H,2,5-10,12-13,19H2,1H3;1H. The van der Waals surface area contributed by atoms with E-state index in [1.165, 1.54) is 24.9 Å². The SMILES string of the molecule is COc1ccc(CSCC(=O)N2CCC(OCCCN)CC2)cc1[N+](=O)[O-].Cl. The average molecular weight is 434 g/mol. The Morgan fingerprint density at radius 1 is 1.39 bits per heavy atom. The number of hydrogen-bond donors (Lipinski definition) is 1. The Balaban J connectivity index is 0.00000392. The molecule has 158 valence electrons. The molecule has 0 aromatic heterocycles. The van der Waals surface area contributed by atoms with Crippen molar-refractivity contribution in [2.45, 2.75) is 31.1 Å². The summed E-state index contributed by atoms with van der Waals surface area (Å²) in [5.74, 6) is 1.23. The van der Waals surface area contributed by atoms with Crippen molar-refractivity contribution in [3.8, 4) is 5.75 Å². The summed E-state index contributed by atoms with van der Waals surface area (Å²) in [6, 6.07) is 4.87. The minimum atomic E-state index is -0.460. The molecule has 1 aromatic rings. The first-order valence-electron chi connectivity index (χ1n) is 9.03. The fraction of sp³-hybridized carbons (Fsp3) is 0.611. The maximum absolute atomic E-state index is 12.4. The Bertz CT molecular complexity index is 642. The number of nitro groups is 1. The fourth-order valence-electron chi connectivity index (χ4n) is 2.92. The summed E-state index contributed by atoms with van der Waals surface area (Å²) >= 11 is 1.46. The largest absolute Gasteiger partial charge is 0.490 e. The third-order valence-corrected chi connectivity index (χ3v) is 5.42. The van der Waals surface area contributed by atoms with Crippen LogP contribution in [0.4, 0.5) is 5.69 Å². The molecule has 0 saturated carbocycles. The van der Waals surface area contributed by atoms with Gasteiger partial charge in [0.25, 0.3) is 0 Å². The Hall–Kier alpha value is -1.55. The molecule has 0 atom stereocenters. The first-order valence-corrected chi connectivity index (χ1v) is 10.2. The number of halogens is 1. The summed E-state index contributed by atoms with van der Waals surface area (Å²) in [6.45, 7) is 2.73. The summed E-state index contributed by atoms with van der Waals surface area (Å²) in [6.07, 6.45) is 2.78. The molecule has 1 saturated heterocycles. The number of amides is 1. The molecule has 2 N–H and O–H groups in total. The summed E-state index contributed by atoms with van der Waals surface area (Å²) in [7, 11) is 1.40. The average Bonchev–Trinajstić information content (AvgIpc) is 2.68. The molecule has 0 bridgehead atoms. The van der Waals surface area contributed by atoms with Gasteiger partial charge in [-0.1, -0.05) is 6.07 Å². The van der Waals surface area contributed by atoms with Crippen LogP contribution >= 0.6 is 24.2 Å². The van der Waals surface area contributed by atoms with Gasteiger partial charge in [-0.3, -0.25) is 14.9 Å². The molecule has 1 aliphatic heterocycles. The van der Waals surface area contributed by atoms with Gasteiger partial charge in [0.15, 0.2) is 5.75 Å². The van der Waals surface area contributed by atoms with E-state index >= 15 is 0 Å². The molecule has 0 radical (unpaired) electrons. The number of carbonyl (C=O) groups is 1. The third kappa shape index (κ3) is 7.46. The monoisotopic (exact) mass is 433 g/mol. The van der Waals surface area contributed by atoms with Crippen molar-refractivity contribution in [1.82, 2.24) is 4.90 Å². The second-order valence-corrected chi connectivity index (χ2v) is 7.33. The van der Waals surface area contributed by atoms with Crippen LogP contribution in [-0.4, -0.2) is 60.9 Å². The highest BCUT2D eigenvalue weighted by Crippen LogP contribution is 2.29. The number of hydrogen-bond acceptors (Lipinski definition) is 7. The van der Waals surface area contributed by atoms with E-state index in [1.807, 2.05) is 4.90 Å². The van der Waals surface area contributed by atoms with Crippen molar-refractivity contribution >= 4 is 35.8 Å². The molecule has 1 aromatic carbocycles. The fourth-order valence-corrected chi connectivity index (χ4v) is 3.80. The molecule has 1 amide bonds. The topological polar surface area (TPSA) is 108 Å². The first kappa shape index (κ1) is 24.5. The van der Waals surface area contributed by atoms with E-state index in [0.29, 0.717) is 37.7 Å². The van der Waals surface area contributed by atoms with Gasteiger partial charge in [-0.05, 0) is 37.4 Å². The van der Waals surface area contributed by atoms with E-state index in [2.05, 4.69) is 0 Å². The molecule has 1 aliphatic rings. The van der Waals surface area contributed by atoms with Gasteiger partial charge in [0.05, 0.1) is 23.9 Å². The number of thioether (sulfide) groups is 1. The van der Waals surface area contributed by atoms with Gasteiger partial charge in [-0.2, -0.15) is 0 Å². The van der Waals surface area contributed by atoms with E-state index in [0.717, 1.165) is 24.8 Å². The number of nitrogens with two attached hydrogens (primary N) is 1. The number of benzene rings is 1. The van der Waals surface area contributed by atoms with E-state index in [-0.39, 0.29) is 35.9 Å². The Morgan fingerprint density at radius 3 is 2.71 bits per heavy atom. The van der Waals surface area contributed by atoms with E-state index in [1.54, 1.807) is 12.1 Å². The van der Waals surface area contributed by atoms with Crippen molar-refractivity contribution in [2.24, 2.45) is 5.73 Å². The number of nitrogens with zero attached hydrogens (tertiary/aromatic N) is 2. The van der Waals surface area contributed by atoms with Crippen LogP contribution in [0.5, 0.6) is 5.75 Å². The molecule has 0 unspecified atom stereocenters. The van der Waals surface area contributed by atoms with Crippen LogP contribution < -0.4 is 10.5 Å². The Labute approximate surface area is 175 Å². The highest BCUT2D eigenvalue weighted by Gasteiger charge is 2.23. The number of methoxy groups -OCH3 is 1. The summed E-state index contributed by atoms with van der Waals surface area (Å²) in [5, 5.41) is 11.1. The third-order valence-electron chi connectivity index (χ3n) is 4.43. The summed E-state index contributed by atoms with van der Waals surface area (Å²) < 4.78 is 10.7. The Morgan fingerprint density at radius 2 is 2.11 bits per heavy atom. The van der Waals surface area contributed by atoms with Crippen LogP contribution in [-0.2, 0) is 15.3 Å². The molecule has 28 heavy (non-hydrogen) atoms. The number of ether oxygens (including phenoxy) is 2. The van der Waals surface area contributed by atoms with Gasteiger partial charge < -0.3 is 20.1 Å². The number of nitro benzene ring substituents is 1. The molecule has 10 heteroatoms. The minimum absolute atomic E-state index is 0. The molecule has 2 rings (SSSR count). The maximum Gasteiger partial charge on any atom is 0.311 e. The van der Waals surface area contributed by atoms with Crippen molar-refractivity contribution in [3.63, 3.8) is 0 Å². The molecule has 0 spiro atoms. The van der Waals surface area contributed by atoms with Crippen molar-refractivity contribution in [1.29, 1.82) is 0 Å². The maximum atomic E-state index is 12.4. The predicted octanol–water partition coefficient (Wildman–Crippen LogP) is 2.61. The van der Waals surface area contributed by atoms with Gasteiger partial charge in [-0.15, -0.1) is 24.2 Å². The lowest BCUT2D eigenvalue weighted by atomic mass is 10.1. The summed E-state index contributed by atoms with van der Waals surface area (Å²) in [4.78, 5) is 24.8.